The average Bonchev–Trinajstić information content (AvgIpc) is 2.17. The molecule has 1 aromatic rings. The van der Waals surface area contributed by atoms with Gasteiger partial charge in [-0.15, -0.1) is 0 Å². The molecule has 3 nitrogen and oxygen atoms in total. The minimum Gasteiger partial charge on any atom is -0.326 e. The van der Waals surface area contributed by atoms with Gasteiger partial charge in [-0.1, -0.05) is 22.9 Å². The predicted molar refractivity (Wildman–Crippen MR) is 75.0 cm³/mol. The summed E-state index contributed by atoms with van der Waals surface area (Å²) in [5, 5.41) is 2.91. The predicted octanol–water partition coefficient (Wildman–Crippen LogP) is 3.08. The van der Waals surface area contributed by atoms with Gasteiger partial charge in [0.25, 0.3) is 0 Å². The molecule has 0 atom stereocenters. The van der Waals surface area contributed by atoms with Crippen LogP contribution in [0.4, 0.5) is 5.69 Å². The Hall–Kier alpha value is -0.870. The molecule has 1 amide bonds. The van der Waals surface area contributed by atoms with Crippen LogP contribution >= 0.6 is 15.9 Å². The van der Waals surface area contributed by atoms with Crippen LogP contribution in [-0.4, -0.2) is 11.4 Å². The van der Waals surface area contributed by atoms with Gasteiger partial charge in [0.05, 0.1) is 0 Å². The molecule has 0 spiro atoms. The smallest absolute Gasteiger partial charge is 0.226 e. The van der Waals surface area contributed by atoms with Crippen molar-refractivity contribution in [2.45, 2.75) is 39.2 Å². The minimum absolute atomic E-state index is 0.0467. The summed E-state index contributed by atoms with van der Waals surface area (Å²) in [6.45, 7) is 5.74. The molecule has 0 aliphatic carbocycles. The minimum atomic E-state index is -0.480. The van der Waals surface area contributed by atoms with Crippen LogP contribution in [0.15, 0.2) is 22.7 Å². The quantitative estimate of drug-likeness (QED) is 0.897. The Labute approximate surface area is 111 Å². The highest BCUT2D eigenvalue weighted by Gasteiger charge is 2.17. The van der Waals surface area contributed by atoms with Crippen LogP contribution in [-0.2, 0) is 11.2 Å². The molecule has 1 rings (SSSR count). The molecule has 0 unspecified atom stereocenters. The molecule has 0 heterocycles. The van der Waals surface area contributed by atoms with Gasteiger partial charge in [-0.3, -0.25) is 4.79 Å². The second-order valence-electron chi connectivity index (χ2n) is 4.87. The Morgan fingerprint density at radius 1 is 1.47 bits per heavy atom. The molecule has 94 valence electrons. The van der Waals surface area contributed by atoms with E-state index in [0.717, 1.165) is 22.1 Å². The maximum Gasteiger partial charge on any atom is 0.226 e. The van der Waals surface area contributed by atoms with Crippen molar-refractivity contribution in [2.24, 2.45) is 5.73 Å². The summed E-state index contributed by atoms with van der Waals surface area (Å²) >= 11 is 3.42. The van der Waals surface area contributed by atoms with Gasteiger partial charge in [0.1, 0.15) is 0 Å². The van der Waals surface area contributed by atoms with E-state index in [1.165, 1.54) is 0 Å². The normalized spacial score (nSPS) is 11.4. The summed E-state index contributed by atoms with van der Waals surface area (Å²) in [6, 6.07) is 5.84. The lowest BCUT2D eigenvalue weighted by Gasteiger charge is -2.18. The maximum absolute atomic E-state index is 11.8. The molecule has 1 aromatic carbocycles. The number of hydrogen-bond donors (Lipinski definition) is 2. The van der Waals surface area contributed by atoms with Crippen LogP contribution in [0.2, 0.25) is 0 Å². The fourth-order valence-electron chi connectivity index (χ4n) is 1.58. The van der Waals surface area contributed by atoms with E-state index in [1.807, 2.05) is 32.0 Å². The first-order valence-electron chi connectivity index (χ1n) is 5.69. The van der Waals surface area contributed by atoms with Crippen molar-refractivity contribution in [3.05, 3.63) is 28.2 Å². The van der Waals surface area contributed by atoms with Gasteiger partial charge in [0.2, 0.25) is 5.91 Å². The van der Waals surface area contributed by atoms with Gasteiger partial charge in [0, 0.05) is 22.1 Å². The van der Waals surface area contributed by atoms with Crippen molar-refractivity contribution < 1.29 is 4.79 Å². The molecule has 0 bridgehead atoms. The Balaban J connectivity index is 2.78. The van der Waals surface area contributed by atoms with E-state index >= 15 is 0 Å². The molecule has 0 aromatic heterocycles. The highest BCUT2D eigenvalue weighted by atomic mass is 79.9. The standard InChI is InChI=1S/C13H19BrN2O/c1-4-9-7-10(14)5-6-11(9)16-12(17)8-13(2,3)15/h5-7H,4,8,15H2,1-3H3,(H,16,17). The number of rotatable bonds is 4. The van der Waals surface area contributed by atoms with Crippen LogP contribution in [0.5, 0.6) is 0 Å². The molecule has 0 fully saturated rings. The van der Waals surface area contributed by atoms with Crippen molar-refractivity contribution in [1.29, 1.82) is 0 Å². The van der Waals surface area contributed by atoms with Gasteiger partial charge in [-0.05, 0) is 44.0 Å². The Morgan fingerprint density at radius 3 is 2.65 bits per heavy atom. The van der Waals surface area contributed by atoms with E-state index in [9.17, 15) is 4.79 Å². The molecule has 17 heavy (non-hydrogen) atoms. The SMILES string of the molecule is CCc1cc(Br)ccc1NC(=O)CC(C)(C)N. The molecule has 0 saturated heterocycles. The van der Waals surface area contributed by atoms with Gasteiger partial charge >= 0.3 is 0 Å². The fraction of sp³-hybridized carbons (Fsp3) is 0.462. The zero-order valence-electron chi connectivity index (χ0n) is 10.5. The zero-order valence-corrected chi connectivity index (χ0v) is 12.1. The molecule has 0 aliphatic heterocycles. The third-order valence-corrected chi connectivity index (χ3v) is 2.83. The lowest BCUT2D eigenvalue weighted by atomic mass is 10.0. The number of carbonyl (C=O) groups excluding carboxylic acids is 1. The third kappa shape index (κ3) is 4.88. The van der Waals surface area contributed by atoms with Crippen LogP contribution in [0, 0.1) is 0 Å². The van der Waals surface area contributed by atoms with Crippen LogP contribution in [0.1, 0.15) is 32.8 Å². The first kappa shape index (κ1) is 14.2. The fourth-order valence-corrected chi connectivity index (χ4v) is 1.99. The van der Waals surface area contributed by atoms with E-state index in [2.05, 4.69) is 28.2 Å². The summed E-state index contributed by atoms with van der Waals surface area (Å²) in [5.41, 5.74) is 7.32. The third-order valence-electron chi connectivity index (χ3n) is 2.34. The summed E-state index contributed by atoms with van der Waals surface area (Å²) in [5.74, 6) is -0.0467. The maximum atomic E-state index is 11.8. The Morgan fingerprint density at radius 2 is 2.12 bits per heavy atom. The van der Waals surface area contributed by atoms with Crippen molar-refractivity contribution >= 4 is 27.5 Å². The number of amides is 1. The average molecular weight is 299 g/mol. The van der Waals surface area contributed by atoms with Gasteiger partial charge in [-0.25, -0.2) is 0 Å². The van der Waals surface area contributed by atoms with Crippen LogP contribution in [0.3, 0.4) is 0 Å². The number of nitrogens with two attached hydrogens (primary N) is 1. The molecular weight excluding hydrogens is 280 g/mol. The Kier molecular flexibility index (Phi) is 4.71. The van der Waals surface area contributed by atoms with Crippen LogP contribution in [0.25, 0.3) is 0 Å². The number of halogens is 1. The van der Waals surface area contributed by atoms with Crippen molar-refractivity contribution in [3.63, 3.8) is 0 Å². The molecule has 4 heteroatoms. The number of nitrogens with one attached hydrogen (secondary N) is 1. The van der Waals surface area contributed by atoms with Gasteiger partial charge in [-0.2, -0.15) is 0 Å². The first-order chi connectivity index (χ1) is 7.81. The van der Waals surface area contributed by atoms with E-state index < -0.39 is 5.54 Å². The molecule has 0 saturated carbocycles. The molecule has 3 N–H and O–H groups in total. The van der Waals surface area contributed by atoms with E-state index in [4.69, 9.17) is 5.73 Å². The van der Waals surface area contributed by atoms with Crippen LogP contribution < -0.4 is 11.1 Å². The molecule has 0 radical (unpaired) electrons. The second kappa shape index (κ2) is 5.65. The van der Waals surface area contributed by atoms with E-state index in [1.54, 1.807) is 0 Å². The van der Waals surface area contributed by atoms with E-state index in [-0.39, 0.29) is 5.91 Å². The number of anilines is 1. The monoisotopic (exact) mass is 298 g/mol. The summed E-state index contributed by atoms with van der Waals surface area (Å²) in [6.07, 6.45) is 1.19. The highest BCUT2D eigenvalue weighted by molar-refractivity contribution is 9.10. The van der Waals surface area contributed by atoms with Crippen molar-refractivity contribution in [2.75, 3.05) is 5.32 Å². The van der Waals surface area contributed by atoms with Gasteiger partial charge in [0.15, 0.2) is 0 Å². The summed E-state index contributed by atoms with van der Waals surface area (Å²) in [4.78, 5) is 11.8. The van der Waals surface area contributed by atoms with Gasteiger partial charge < -0.3 is 11.1 Å². The summed E-state index contributed by atoms with van der Waals surface area (Å²) in [7, 11) is 0. The second-order valence-corrected chi connectivity index (χ2v) is 5.78. The lowest BCUT2D eigenvalue weighted by molar-refractivity contribution is -0.117. The number of aryl methyl sites for hydroxylation is 1. The number of benzene rings is 1. The highest BCUT2D eigenvalue weighted by Crippen LogP contribution is 2.22. The van der Waals surface area contributed by atoms with Crippen molar-refractivity contribution in [1.82, 2.24) is 0 Å². The largest absolute Gasteiger partial charge is 0.326 e. The zero-order chi connectivity index (χ0) is 13.1. The number of hydrogen-bond acceptors (Lipinski definition) is 2. The number of carbonyl (C=O) groups is 1. The Bertz CT molecular complexity index is 410. The first-order valence-corrected chi connectivity index (χ1v) is 6.48. The molecule has 0 aliphatic rings. The topological polar surface area (TPSA) is 55.1 Å². The lowest BCUT2D eigenvalue weighted by Crippen LogP contribution is -2.36. The van der Waals surface area contributed by atoms with E-state index in [0.29, 0.717) is 6.42 Å². The summed E-state index contributed by atoms with van der Waals surface area (Å²) < 4.78 is 1.02. The van der Waals surface area contributed by atoms with Crippen molar-refractivity contribution in [3.8, 4) is 0 Å². The molecular formula is C13H19BrN2O.